The highest BCUT2D eigenvalue weighted by molar-refractivity contribution is 5.95. The zero-order valence-electron chi connectivity index (χ0n) is 14.8. The molecule has 5 rings (SSSR count). The van der Waals surface area contributed by atoms with Gasteiger partial charge in [0.1, 0.15) is 0 Å². The molecule has 0 radical (unpaired) electrons. The highest BCUT2D eigenvalue weighted by Crippen LogP contribution is 2.28. The molecule has 1 fully saturated rings. The Morgan fingerprint density at radius 1 is 0.964 bits per heavy atom. The predicted octanol–water partition coefficient (Wildman–Crippen LogP) is 2.56. The molecule has 8 heteroatoms. The number of benzene rings is 1. The fraction of sp³-hybridized carbons (Fsp3) is 0.150. The van der Waals surface area contributed by atoms with E-state index in [1.165, 1.54) is 0 Å². The second-order valence-corrected chi connectivity index (χ2v) is 6.57. The van der Waals surface area contributed by atoms with Crippen molar-refractivity contribution < 1.29 is 9.32 Å². The molecule has 4 heterocycles. The topological polar surface area (TPSA) is 89.9 Å². The largest absolute Gasteiger partial charge is 0.338 e. The summed E-state index contributed by atoms with van der Waals surface area (Å²) in [6.07, 6.45) is 7.19. The van der Waals surface area contributed by atoms with Crippen LogP contribution in [0, 0.1) is 0 Å². The summed E-state index contributed by atoms with van der Waals surface area (Å²) in [5.41, 5.74) is 1.68. The number of nitrogens with zero attached hydrogens (tertiary/aromatic N) is 6. The quantitative estimate of drug-likeness (QED) is 0.547. The maximum atomic E-state index is 12.7. The van der Waals surface area contributed by atoms with Crippen LogP contribution in [0.4, 0.5) is 0 Å². The summed E-state index contributed by atoms with van der Waals surface area (Å²) in [6, 6.07) is 13.2. The van der Waals surface area contributed by atoms with Crippen LogP contribution >= 0.6 is 0 Å². The lowest BCUT2D eigenvalue weighted by atomic mass is 9.98. The molecule has 1 aliphatic heterocycles. The van der Waals surface area contributed by atoms with E-state index in [1.807, 2.05) is 53.4 Å². The van der Waals surface area contributed by atoms with Crippen LogP contribution in [-0.4, -0.2) is 48.6 Å². The number of aromatic nitrogens is 5. The SMILES string of the molecule is O=C(c1ccc(-n2cccc2)cc1)N1CC(c2nc(-c3ncccn3)no2)C1. The third-order valence-corrected chi connectivity index (χ3v) is 4.74. The van der Waals surface area contributed by atoms with E-state index in [9.17, 15) is 4.79 Å². The Morgan fingerprint density at radius 3 is 2.39 bits per heavy atom. The van der Waals surface area contributed by atoms with Crippen molar-refractivity contribution in [2.24, 2.45) is 0 Å². The Morgan fingerprint density at radius 2 is 1.68 bits per heavy atom. The highest BCUT2D eigenvalue weighted by Gasteiger charge is 2.36. The number of carbonyl (C=O) groups excluding carboxylic acids is 1. The van der Waals surface area contributed by atoms with E-state index < -0.39 is 0 Å². The number of hydrogen-bond donors (Lipinski definition) is 0. The van der Waals surface area contributed by atoms with Crippen molar-refractivity contribution >= 4 is 5.91 Å². The minimum Gasteiger partial charge on any atom is -0.338 e. The van der Waals surface area contributed by atoms with Gasteiger partial charge < -0.3 is 14.0 Å². The van der Waals surface area contributed by atoms with Crippen LogP contribution in [0.2, 0.25) is 0 Å². The van der Waals surface area contributed by atoms with Gasteiger partial charge in [-0.15, -0.1) is 0 Å². The normalized spacial score (nSPS) is 14.1. The van der Waals surface area contributed by atoms with Gasteiger partial charge in [0.15, 0.2) is 0 Å². The second-order valence-electron chi connectivity index (χ2n) is 6.57. The number of rotatable bonds is 4. The molecule has 0 spiro atoms. The van der Waals surface area contributed by atoms with Crippen molar-refractivity contribution in [3.8, 4) is 17.3 Å². The van der Waals surface area contributed by atoms with Gasteiger partial charge in [-0.05, 0) is 42.5 Å². The van der Waals surface area contributed by atoms with Gasteiger partial charge in [-0.25, -0.2) is 9.97 Å². The van der Waals surface area contributed by atoms with Crippen molar-refractivity contribution in [3.05, 3.63) is 78.7 Å². The van der Waals surface area contributed by atoms with Gasteiger partial charge in [0, 0.05) is 49.1 Å². The van der Waals surface area contributed by atoms with Crippen molar-refractivity contribution in [1.82, 2.24) is 29.6 Å². The standard InChI is InChI=1S/C20H16N6O2/c27-20(14-4-6-16(7-5-14)25-10-1-2-11-25)26-12-15(13-26)19-23-18(24-28-19)17-21-8-3-9-22-17/h1-11,15H,12-13H2. The van der Waals surface area contributed by atoms with Crippen LogP contribution in [0.15, 0.2) is 71.8 Å². The van der Waals surface area contributed by atoms with E-state index in [0.717, 1.165) is 5.69 Å². The molecule has 0 N–H and O–H groups in total. The molecule has 0 atom stereocenters. The first-order valence-electron chi connectivity index (χ1n) is 8.91. The van der Waals surface area contributed by atoms with Gasteiger partial charge in [-0.1, -0.05) is 5.16 Å². The maximum Gasteiger partial charge on any atom is 0.253 e. The molecule has 28 heavy (non-hydrogen) atoms. The summed E-state index contributed by atoms with van der Waals surface area (Å²) >= 11 is 0. The van der Waals surface area contributed by atoms with Crippen LogP contribution in [-0.2, 0) is 0 Å². The lowest BCUT2D eigenvalue weighted by Gasteiger charge is -2.37. The molecule has 8 nitrogen and oxygen atoms in total. The minimum absolute atomic E-state index is 0.00133. The number of carbonyl (C=O) groups is 1. The molecule has 3 aromatic heterocycles. The summed E-state index contributed by atoms with van der Waals surface area (Å²) in [6.45, 7) is 1.10. The molecular formula is C20H16N6O2. The Labute approximate surface area is 160 Å². The molecule has 0 unspecified atom stereocenters. The van der Waals surface area contributed by atoms with E-state index in [1.54, 1.807) is 23.4 Å². The lowest BCUT2D eigenvalue weighted by Crippen LogP contribution is -2.48. The number of hydrogen-bond acceptors (Lipinski definition) is 6. The van der Waals surface area contributed by atoms with Crippen molar-refractivity contribution in [3.63, 3.8) is 0 Å². The molecule has 1 amide bonds. The van der Waals surface area contributed by atoms with E-state index in [-0.39, 0.29) is 11.8 Å². The summed E-state index contributed by atoms with van der Waals surface area (Å²) in [5, 5.41) is 3.93. The second kappa shape index (κ2) is 6.73. The van der Waals surface area contributed by atoms with E-state index >= 15 is 0 Å². The molecule has 0 aliphatic carbocycles. The lowest BCUT2D eigenvalue weighted by molar-refractivity contribution is 0.0569. The van der Waals surface area contributed by atoms with Crippen LogP contribution in [0.1, 0.15) is 22.2 Å². The minimum atomic E-state index is 0.00133. The molecule has 0 bridgehead atoms. The maximum absolute atomic E-state index is 12.7. The van der Waals surface area contributed by atoms with Crippen LogP contribution < -0.4 is 0 Å². The average molecular weight is 372 g/mol. The van der Waals surface area contributed by atoms with Crippen molar-refractivity contribution in [2.45, 2.75) is 5.92 Å². The summed E-state index contributed by atoms with van der Waals surface area (Å²) in [7, 11) is 0. The zero-order chi connectivity index (χ0) is 18.9. The van der Waals surface area contributed by atoms with Crippen molar-refractivity contribution in [2.75, 3.05) is 13.1 Å². The van der Waals surface area contributed by atoms with Gasteiger partial charge in [0.2, 0.25) is 17.5 Å². The van der Waals surface area contributed by atoms with Crippen LogP contribution in [0.3, 0.4) is 0 Å². The third kappa shape index (κ3) is 2.94. The van der Waals surface area contributed by atoms with E-state index in [2.05, 4.69) is 20.1 Å². The monoisotopic (exact) mass is 372 g/mol. The molecule has 4 aromatic rings. The summed E-state index contributed by atoms with van der Waals surface area (Å²) in [5.74, 6) is 1.33. The first-order chi connectivity index (χ1) is 13.8. The third-order valence-electron chi connectivity index (χ3n) is 4.74. The molecule has 0 saturated carbocycles. The highest BCUT2D eigenvalue weighted by atomic mass is 16.5. The Kier molecular flexibility index (Phi) is 3.93. The van der Waals surface area contributed by atoms with Gasteiger partial charge >= 0.3 is 0 Å². The van der Waals surface area contributed by atoms with Gasteiger partial charge in [0.25, 0.3) is 5.91 Å². The van der Waals surface area contributed by atoms with Gasteiger partial charge in [-0.3, -0.25) is 4.79 Å². The Balaban J connectivity index is 1.23. The fourth-order valence-electron chi connectivity index (χ4n) is 3.17. The van der Waals surface area contributed by atoms with Gasteiger partial charge in [-0.2, -0.15) is 4.98 Å². The smallest absolute Gasteiger partial charge is 0.253 e. The zero-order valence-corrected chi connectivity index (χ0v) is 14.8. The average Bonchev–Trinajstić information content (AvgIpc) is 3.40. The first-order valence-corrected chi connectivity index (χ1v) is 8.91. The number of likely N-dealkylation sites (tertiary alicyclic amines) is 1. The van der Waals surface area contributed by atoms with E-state index in [4.69, 9.17) is 4.52 Å². The Bertz CT molecular complexity index is 1080. The van der Waals surface area contributed by atoms with E-state index in [0.29, 0.717) is 36.2 Å². The summed E-state index contributed by atoms with van der Waals surface area (Å²) in [4.78, 5) is 27.0. The summed E-state index contributed by atoms with van der Waals surface area (Å²) < 4.78 is 7.33. The molecular weight excluding hydrogens is 356 g/mol. The fourth-order valence-corrected chi connectivity index (χ4v) is 3.17. The molecule has 1 aliphatic rings. The van der Waals surface area contributed by atoms with Crippen LogP contribution in [0.25, 0.3) is 17.3 Å². The number of amides is 1. The van der Waals surface area contributed by atoms with Crippen LogP contribution in [0.5, 0.6) is 0 Å². The molecule has 138 valence electrons. The molecule has 1 aromatic carbocycles. The first kappa shape index (κ1) is 16.4. The predicted molar refractivity (Wildman–Crippen MR) is 99.7 cm³/mol. The van der Waals surface area contributed by atoms with Crippen molar-refractivity contribution in [1.29, 1.82) is 0 Å². The Hall–Kier alpha value is -3.81. The molecule has 1 saturated heterocycles. The van der Waals surface area contributed by atoms with Gasteiger partial charge in [0.05, 0.1) is 5.92 Å².